The molecule has 15 heavy (non-hydrogen) atoms. The number of nitrogens with zero attached hydrogens (tertiary/aromatic N) is 2. The molecule has 1 aromatic rings. The Hall–Kier alpha value is -1.63. The first kappa shape index (κ1) is 11.4. The third kappa shape index (κ3) is 2.07. The Bertz CT molecular complexity index is 396. The van der Waals surface area contributed by atoms with Gasteiger partial charge in [0.2, 0.25) is 0 Å². The molecule has 1 aromatic heterocycles. The van der Waals surface area contributed by atoms with E-state index in [4.69, 9.17) is 5.11 Å². The predicted octanol–water partition coefficient (Wildman–Crippen LogP) is 1.73. The average molecular weight is 218 g/mol. The van der Waals surface area contributed by atoms with Crippen LogP contribution < -0.4 is 0 Å². The molecular weight excluding hydrogens is 210 g/mol. The van der Waals surface area contributed by atoms with Gasteiger partial charge in [-0.1, -0.05) is 0 Å². The quantitative estimate of drug-likeness (QED) is 0.619. The fourth-order valence-electron chi connectivity index (χ4n) is 1.20. The van der Waals surface area contributed by atoms with Crippen LogP contribution in [0, 0.1) is 17.0 Å². The summed E-state index contributed by atoms with van der Waals surface area (Å²) >= 11 is 0. The lowest BCUT2D eigenvalue weighted by molar-refractivity contribution is -0.387. The largest absolute Gasteiger partial charge is 0.392 e. The summed E-state index contributed by atoms with van der Waals surface area (Å²) in [6.45, 7) is 0.834. The number of hydrogen-bond acceptors (Lipinski definition) is 4. The highest BCUT2D eigenvalue weighted by molar-refractivity contribution is 5.47. The van der Waals surface area contributed by atoms with Crippen LogP contribution >= 0.6 is 0 Å². The number of hydrogen-bond donors (Lipinski definition) is 1. The molecule has 7 heteroatoms. The molecule has 0 spiro atoms. The van der Waals surface area contributed by atoms with Gasteiger partial charge < -0.3 is 5.11 Å². The zero-order valence-electron chi connectivity index (χ0n) is 7.78. The molecule has 0 amide bonds. The van der Waals surface area contributed by atoms with Gasteiger partial charge in [0.25, 0.3) is 12.1 Å². The zero-order valence-corrected chi connectivity index (χ0v) is 7.78. The number of halogens is 2. The van der Waals surface area contributed by atoms with Crippen molar-refractivity contribution in [2.24, 2.45) is 0 Å². The van der Waals surface area contributed by atoms with E-state index in [-0.39, 0.29) is 11.1 Å². The van der Waals surface area contributed by atoms with Crippen LogP contribution in [0.25, 0.3) is 0 Å². The fourth-order valence-corrected chi connectivity index (χ4v) is 1.20. The molecule has 0 aliphatic heterocycles. The van der Waals surface area contributed by atoms with Gasteiger partial charge >= 0.3 is 0 Å². The molecule has 1 N–H and O–H groups in total. The normalized spacial score (nSPS) is 10.7. The van der Waals surface area contributed by atoms with Crippen LogP contribution in [0.15, 0.2) is 6.20 Å². The Morgan fingerprint density at radius 3 is 2.67 bits per heavy atom. The van der Waals surface area contributed by atoms with Crippen molar-refractivity contribution in [2.45, 2.75) is 20.0 Å². The van der Waals surface area contributed by atoms with Crippen LogP contribution in [0.3, 0.4) is 0 Å². The van der Waals surface area contributed by atoms with E-state index in [0.29, 0.717) is 0 Å². The van der Waals surface area contributed by atoms with Crippen LogP contribution in [-0.2, 0) is 6.61 Å². The van der Waals surface area contributed by atoms with Crippen LogP contribution in [0.4, 0.5) is 14.5 Å². The molecule has 0 radical (unpaired) electrons. The number of aliphatic hydroxyl groups excluding tert-OH is 1. The molecule has 82 valence electrons. The summed E-state index contributed by atoms with van der Waals surface area (Å²) in [7, 11) is 0. The van der Waals surface area contributed by atoms with Crippen molar-refractivity contribution in [1.82, 2.24) is 4.98 Å². The number of alkyl halides is 2. The summed E-state index contributed by atoms with van der Waals surface area (Å²) in [5.41, 5.74) is -1.40. The van der Waals surface area contributed by atoms with Crippen molar-refractivity contribution in [1.29, 1.82) is 0 Å². The summed E-state index contributed by atoms with van der Waals surface area (Å²) in [6.07, 6.45) is -1.99. The molecule has 5 nitrogen and oxygen atoms in total. The smallest absolute Gasteiger partial charge is 0.299 e. The van der Waals surface area contributed by atoms with E-state index in [1.807, 2.05) is 0 Å². The van der Waals surface area contributed by atoms with Crippen molar-refractivity contribution < 1.29 is 18.8 Å². The summed E-state index contributed by atoms with van der Waals surface area (Å²) in [6, 6.07) is 0. The van der Waals surface area contributed by atoms with Crippen LogP contribution in [0.2, 0.25) is 0 Å². The van der Waals surface area contributed by atoms with E-state index in [0.717, 1.165) is 6.20 Å². The third-order valence-electron chi connectivity index (χ3n) is 2.00. The Labute approximate surface area is 83.5 Å². The van der Waals surface area contributed by atoms with Gasteiger partial charge in [-0.2, -0.15) is 0 Å². The predicted molar refractivity (Wildman–Crippen MR) is 46.5 cm³/mol. The second-order valence-corrected chi connectivity index (χ2v) is 2.86. The molecule has 0 aliphatic rings. The van der Waals surface area contributed by atoms with Gasteiger partial charge in [0.1, 0.15) is 0 Å². The van der Waals surface area contributed by atoms with Gasteiger partial charge in [0.05, 0.1) is 11.5 Å². The maximum Gasteiger partial charge on any atom is 0.299 e. The Kier molecular flexibility index (Phi) is 3.25. The standard InChI is InChI=1S/C8H8F2N2O3/c1-4-5(3-13)2-11-6(8(9)10)7(4)12(14)15/h2,8,13H,3H2,1H3. The zero-order chi connectivity index (χ0) is 11.6. The highest BCUT2D eigenvalue weighted by Crippen LogP contribution is 2.31. The molecule has 1 rings (SSSR count). The minimum Gasteiger partial charge on any atom is -0.392 e. The van der Waals surface area contributed by atoms with E-state index in [1.165, 1.54) is 6.92 Å². The van der Waals surface area contributed by atoms with Crippen molar-refractivity contribution in [3.63, 3.8) is 0 Å². The van der Waals surface area contributed by atoms with Gasteiger partial charge in [0.15, 0.2) is 5.69 Å². The maximum atomic E-state index is 12.4. The lowest BCUT2D eigenvalue weighted by atomic mass is 10.1. The first-order valence-corrected chi connectivity index (χ1v) is 4.00. The van der Waals surface area contributed by atoms with Gasteiger partial charge in [-0.15, -0.1) is 0 Å². The third-order valence-corrected chi connectivity index (χ3v) is 2.00. The van der Waals surface area contributed by atoms with Gasteiger partial charge in [-0.05, 0) is 6.92 Å². The Balaban J connectivity index is 3.44. The lowest BCUT2D eigenvalue weighted by Crippen LogP contribution is -2.04. The monoisotopic (exact) mass is 218 g/mol. The SMILES string of the molecule is Cc1c(CO)cnc(C(F)F)c1[N+](=O)[O-]. The summed E-state index contributed by atoms with van der Waals surface area (Å²) < 4.78 is 24.7. The van der Waals surface area contributed by atoms with Crippen LogP contribution in [-0.4, -0.2) is 15.0 Å². The number of nitro groups is 1. The molecule has 0 saturated heterocycles. The molecular formula is C8H8F2N2O3. The second-order valence-electron chi connectivity index (χ2n) is 2.86. The number of pyridine rings is 1. The van der Waals surface area contributed by atoms with E-state index in [1.54, 1.807) is 0 Å². The first-order chi connectivity index (χ1) is 6.99. The minimum absolute atomic E-state index is 0.0211. The first-order valence-electron chi connectivity index (χ1n) is 4.00. The van der Waals surface area contributed by atoms with Crippen molar-refractivity contribution in [3.05, 3.63) is 33.1 Å². The average Bonchev–Trinajstić information content (AvgIpc) is 2.16. The van der Waals surface area contributed by atoms with E-state index in [9.17, 15) is 18.9 Å². The van der Waals surface area contributed by atoms with Gasteiger partial charge in [-0.25, -0.2) is 13.8 Å². The summed E-state index contributed by atoms with van der Waals surface area (Å²) in [5, 5.41) is 19.4. The topological polar surface area (TPSA) is 76.3 Å². The molecule has 0 unspecified atom stereocenters. The molecule has 1 heterocycles. The molecule has 0 aliphatic carbocycles. The highest BCUT2D eigenvalue weighted by atomic mass is 19.3. The molecule has 0 aromatic carbocycles. The van der Waals surface area contributed by atoms with Crippen molar-refractivity contribution >= 4 is 5.69 Å². The lowest BCUT2D eigenvalue weighted by Gasteiger charge is -2.06. The van der Waals surface area contributed by atoms with Crippen LogP contribution in [0.1, 0.15) is 23.2 Å². The van der Waals surface area contributed by atoms with E-state index < -0.39 is 29.3 Å². The molecule has 0 saturated carbocycles. The van der Waals surface area contributed by atoms with Crippen molar-refractivity contribution in [3.8, 4) is 0 Å². The Morgan fingerprint density at radius 2 is 2.27 bits per heavy atom. The summed E-state index contributed by atoms with van der Waals surface area (Å²) in [4.78, 5) is 12.9. The van der Waals surface area contributed by atoms with E-state index in [2.05, 4.69) is 4.98 Å². The number of rotatable bonds is 3. The van der Waals surface area contributed by atoms with E-state index >= 15 is 0 Å². The van der Waals surface area contributed by atoms with Crippen LogP contribution in [0.5, 0.6) is 0 Å². The molecule has 0 bridgehead atoms. The summed E-state index contributed by atoms with van der Waals surface area (Å²) in [5.74, 6) is 0. The maximum absolute atomic E-state index is 12.4. The highest BCUT2D eigenvalue weighted by Gasteiger charge is 2.27. The number of aliphatic hydroxyl groups is 1. The molecule has 0 atom stereocenters. The van der Waals surface area contributed by atoms with Gasteiger partial charge in [0, 0.05) is 17.3 Å². The molecule has 0 fully saturated rings. The van der Waals surface area contributed by atoms with Crippen molar-refractivity contribution in [2.75, 3.05) is 0 Å². The van der Waals surface area contributed by atoms with Gasteiger partial charge in [-0.3, -0.25) is 10.1 Å². The minimum atomic E-state index is -3.00. The second kappa shape index (κ2) is 4.26. The fraction of sp³-hybridized carbons (Fsp3) is 0.375. The number of aromatic nitrogens is 1. The Morgan fingerprint density at radius 1 is 1.67 bits per heavy atom.